The van der Waals surface area contributed by atoms with Gasteiger partial charge in [0.1, 0.15) is 12.0 Å². The van der Waals surface area contributed by atoms with Crippen molar-refractivity contribution in [3.63, 3.8) is 0 Å². The van der Waals surface area contributed by atoms with Crippen molar-refractivity contribution in [3.8, 4) is 11.3 Å². The minimum atomic E-state index is -4.46. The molecule has 78 valence electrons. The van der Waals surface area contributed by atoms with Gasteiger partial charge in [-0.2, -0.15) is 18.3 Å². The van der Waals surface area contributed by atoms with Gasteiger partial charge in [0.2, 0.25) is 0 Å². The standard InChI is InChI=1S/C8H5F3N4/c9-8(10,11)7-5(3-14-15-7)6-1-2-12-4-13-6/h1-4H,(H,14,15). The minimum Gasteiger partial charge on any atom is -0.273 e. The molecule has 7 heteroatoms. The van der Waals surface area contributed by atoms with Crippen LogP contribution in [0.1, 0.15) is 5.69 Å². The van der Waals surface area contributed by atoms with E-state index in [-0.39, 0.29) is 11.3 Å². The van der Waals surface area contributed by atoms with Crippen molar-refractivity contribution < 1.29 is 13.2 Å². The number of H-pyrrole nitrogens is 1. The van der Waals surface area contributed by atoms with Gasteiger partial charge in [0.05, 0.1) is 17.5 Å². The fourth-order valence-electron chi connectivity index (χ4n) is 1.15. The summed E-state index contributed by atoms with van der Waals surface area (Å²) >= 11 is 0. The van der Waals surface area contributed by atoms with Gasteiger partial charge in [-0.3, -0.25) is 5.10 Å². The van der Waals surface area contributed by atoms with Crippen LogP contribution in [0.5, 0.6) is 0 Å². The van der Waals surface area contributed by atoms with Crippen LogP contribution >= 0.6 is 0 Å². The highest BCUT2D eigenvalue weighted by Crippen LogP contribution is 2.34. The molecule has 4 nitrogen and oxygen atoms in total. The van der Waals surface area contributed by atoms with E-state index in [1.165, 1.54) is 18.6 Å². The Morgan fingerprint density at radius 2 is 2.07 bits per heavy atom. The van der Waals surface area contributed by atoms with Crippen molar-refractivity contribution in [3.05, 3.63) is 30.5 Å². The molecular formula is C8H5F3N4. The van der Waals surface area contributed by atoms with Gasteiger partial charge in [0, 0.05) is 6.20 Å². The van der Waals surface area contributed by atoms with Crippen molar-refractivity contribution in [2.24, 2.45) is 0 Å². The summed E-state index contributed by atoms with van der Waals surface area (Å²) < 4.78 is 37.4. The normalized spacial score (nSPS) is 11.7. The molecule has 0 unspecified atom stereocenters. The summed E-state index contributed by atoms with van der Waals surface area (Å²) in [5.74, 6) is 0. The van der Waals surface area contributed by atoms with Crippen molar-refractivity contribution in [1.82, 2.24) is 20.2 Å². The van der Waals surface area contributed by atoms with E-state index in [0.29, 0.717) is 0 Å². The van der Waals surface area contributed by atoms with Gasteiger partial charge in [-0.05, 0) is 6.07 Å². The molecule has 0 aromatic carbocycles. The molecule has 0 bridgehead atoms. The van der Waals surface area contributed by atoms with Gasteiger partial charge < -0.3 is 0 Å². The van der Waals surface area contributed by atoms with Crippen LogP contribution in [-0.2, 0) is 6.18 Å². The largest absolute Gasteiger partial charge is 0.433 e. The first-order valence-electron chi connectivity index (χ1n) is 3.96. The first-order chi connectivity index (χ1) is 7.09. The van der Waals surface area contributed by atoms with E-state index in [1.54, 1.807) is 0 Å². The SMILES string of the molecule is FC(F)(F)c1[nH]ncc1-c1ccncn1. The van der Waals surface area contributed by atoms with E-state index >= 15 is 0 Å². The number of nitrogens with zero attached hydrogens (tertiary/aromatic N) is 3. The Balaban J connectivity index is 2.51. The van der Waals surface area contributed by atoms with E-state index in [4.69, 9.17) is 0 Å². The van der Waals surface area contributed by atoms with E-state index < -0.39 is 11.9 Å². The second kappa shape index (κ2) is 3.34. The molecule has 1 N–H and O–H groups in total. The zero-order valence-electron chi connectivity index (χ0n) is 7.28. The van der Waals surface area contributed by atoms with Gasteiger partial charge in [-0.25, -0.2) is 9.97 Å². The van der Waals surface area contributed by atoms with E-state index in [9.17, 15) is 13.2 Å². The predicted molar refractivity (Wildman–Crippen MR) is 44.6 cm³/mol. The summed E-state index contributed by atoms with van der Waals surface area (Å²) in [5.41, 5.74) is -0.794. The lowest BCUT2D eigenvalue weighted by atomic mass is 10.2. The maximum Gasteiger partial charge on any atom is 0.433 e. The number of alkyl halides is 3. The molecule has 0 atom stereocenters. The van der Waals surface area contributed by atoms with E-state index in [2.05, 4.69) is 15.1 Å². The van der Waals surface area contributed by atoms with Crippen LogP contribution in [0.2, 0.25) is 0 Å². The second-order valence-corrected chi connectivity index (χ2v) is 2.75. The monoisotopic (exact) mass is 214 g/mol. The zero-order chi connectivity index (χ0) is 10.9. The maximum absolute atomic E-state index is 12.5. The lowest BCUT2D eigenvalue weighted by Crippen LogP contribution is -2.07. The highest BCUT2D eigenvalue weighted by atomic mass is 19.4. The van der Waals surface area contributed by atoms with Gasteiger partial charge in [0.15, 0.2) is 0 Å². The molecule has 0 aliphatic rings. The molecule has 2 aromatic heterocycles. The van der Waals surface area contributed by atoms with Crippen LogP contribution in [0.15, 0.2) is 24.8 Å². The highest BCUT2D eigenvalue weighted by Gasteiger charge is 2.36. The number of halogens is 3. The Morgan fingerprint density at radius 3 is 2.67 bits per heavy atom. The molecule has 0 spiro atoms. The van der Waals surface area contributed by atoms with Crippen LogP contribution in [0, 0.1) is 0 Å². The molecule has 2 heterocycles. The third-order valence-electron chi connectivity index (χ3n) is 1.78. The fourth-order valence-corrected chi connectivity index (χ4v) is 1.15. The Labute approximate surface area is 82.2 Å². The van der Waals surface area contributed by atoms with E-state index in [0.717, 1.165) is 6.20 Å². The topological polar surface area (TPSA) is 54.5 Å². The third kappa shape index (κ3) is 1.80. The molecule has 0 aliphatic heterocycles. The minimum absolute atomic E-state index is 0.0788. The number of rotatable bonds is 1. The molecule has 0 saturated heterocycles. The molecule has 0 amide bonds. The molecular weight excluding hydrogens is 209 g/mol. The summed E-state index contributed by atoms with van der Waals surface area (Å²) in [6, 6.07) is 1.39. The molecule has 15 heavy (non-hydrogen) atoms. The number of hydrogen-bond donors (Lipinski definition) is 1. The lowest BCUT2D eigenvalue weighted by Gasteiger charge is -2.05. The summed E-state index contributed by atoms with van der Waals surface area (Å²) in [4.78, 5) is 7.35. The van der Waals surface area contributed by atoms with Crippen molar-refractivity contribution in [2.45, 2.75) is 6.18 Å². The summed E-state index contributed by atoms with van der Waals surface area (Å²) in [6.45, 7) is 0. The van der Waals surface area contributed by atoms with Crippen LogP contribution < -0.4 is 0 Å². The van der Waals surface area contributed by atoms with Crippen LogP contribution in [0.4, 0.5) is 13.2 Å². The van der Waals surface area contributed by atoms with Crippen LogP contribution in [0.25, 0.3) is 11.3 Å². The molecule has 0 aliphatic carbocycles. The second-order valence-electron chi connectivity index (χ2n) is 2.75. The maximum atomic E-state index is 12.5. The number of aromatic amines is 1. The smallest absolute Gasteiger partial charge is 0.273 e. The van der Waals surface area contributed by atoms with Gasteiger partial charge >= 0.3 is 6.18 Å². The molecule has 2 aromatic rings. The fraction of sp³-hybridized carbons (Fsp3) is 0.125. The Bertz CT molecular complexity index is 448. The predicted octanol–water partition coefficient (Wildman–Crippen LogP) is 1.89. The van der Waals surface area contributed by atoms with E-state index in [1.807, 2.05) is 5.10 Å². The lowest BCUT2D eigenvalue weighted by molar-refractivity contribution is -0.140. The number of hydrogen-bond acceptors (Lipinski definition) is 3. The number of nitrogens with one attached hydrogen (secondary N) is 1. The third-order valence-corrected chi connectivity index (χ3v) is 1.78. The van der Waals surface area contributed by atoms with Gasteiger partial charge in [-0.15, -0.1) is 0 Å². The Hall–Kier alpha value is -1.92. The first kappa shape index (κ1) is 9.63. The van der Waals surface area contributed by atoms with Gasteiger partial charge in [-0.1, -0.05) is 0 Å². The zero-order valence-corrected chi connectivity index (χ0v) is 7.28. The molecule has 0 saturated carbocycles. The molecule has 0 radical (unpaired) electrons. The average molecular weight is 214 g/mol. The van der Waals surface area contributed by atoms with Crippen LogP contribution in [0.3, 0.4) is 0 Å². The highest BCUT2D eigenvalue weighted by molar-refractivity contribution is 5.60. The number of aromatic nitrogens is 4. The summed E-state index contributed by atoms with van der Waals surface area (Å²) in [7, 11) is 0. The Kier molecular flexibility index (Phi) is 2.14. The molecule has 2 rings (SSSR count). The summed E-state index contributed by atoms with van der Waals surface area (Å²) in [5, 5.41) is 5.27. The quantitative estimate of drug-likeness (QED) is 0.788. The first-order valence-corrected chi connectivity index (χ1v) is 3.96. The average Bonchev–Trinajstić information content (AvgIpc) is 2.67. The van der Waals surface area contributed by atoms with Crippen molar-refractivity contribution in [2.75, 3.05) is 0 Å². The van der Waals surface area contributed by atoms with Gasteiger partial charge in [0.25, 0.3) is 0 Å². The summed E-state index contributed by atoms with van der Waals surface area (Å²) in [6.07, 6.45) is -0.820. The van der Waals surface area contributed by atoms with Crippen molar-refractivity contribution in [1.29, 1.82) is 0 Å². The Morgan fingerprint density at radius 1 is 1.27 bits per heavy atom. The van der Waals surface area contributed by atoms with Crippen molar-refractivity contribution >= 4 is 0 Å². The molecule has 0 fully saturated rings. The van der Waals surface area contributed by atoms with Crippen LogP contribution in [-0.4, -0.2) is 20.2 Å².